The Morgan fingerprint density at radius 1 is 1.20 bits per heavy atom. The Kier molecular flexibility index (Phi) is 5.08. The summed E-state index contributed by atoms with van der Waals surface area (Å²) in [6.07, 6.45) is 0. The molecule has 0 aromatic heterocycles. The molecule has 3 nitrogen and oxygen atoms in total. The zero-order chi connectivity index (χ0) is 6.53. The Morgan fingerprint density at radius 2 is 1.80 bits per heavy atom. The molecule has 4 heteroatoms. The number of benzene rings is 1. The maximum atomic E-state index is 8.03. The van der Waals surface area contributed by atoms with E-state index in [0.717, 1.165) is 5.30 Å². The quantitative estimate of drug-likeness (QED) is 0.390. The van der Waals surface area contributed by atoms with Gasteiger partial charge in [0.15, 0.2) is 0 Å². The number of hydrogen-bond donors (Lipinski definition) is 1. The predicted molar refractivity (Wildman–Crippen MR) is 41.7 cm³/mol. The van der Waals surface area contributed by atoms with Gasteiger partial charge in [0.25, 0.3) is 0 Å². The maximum Gasteiger partial charge on any atom is 0.0876 e. The second kappa shape index (κ2) is 5.33. The molecule has 0 bridgehead atoms. The van der Waals surface area contributed by atoms with Gasteiger partial charge in [-0.15, -0.1) is 0 Å². The van der Waals surface area contributed by atoms with E-state index in [1.807, 2.05) is 30.3 Å². The summed E-state index contributed by atoms with van der Waals surface area (Å²) < 4.78 is 3.96. The van der Waals surface area contributed by atoms with Gasteiger partial charge in [-0.25, -0.2) is 9.93 Å². The molecule has 10 heavy (non-hydrogen) atoms. The Bertz CT molecular complexity index is 166. The Labute approximate surface area is 60.8 Å². The molecule has 1 unspecified atom stereocenters. The van der Waals surface area contributed by atoms with Crippen LogP contribution in [-0.2, 0) is 4.67 Å². The second-order valence-electron chi connectivity index (χ2n) is 1.56. The van der Waals surface area contributed by atoms with Gasteiger partial charge in [0.05, 0.1) is 8.81 Å². The van der Waals surface area contributed by atoms with Gasteiger partial charge >= 0.3 is 0 Å². The lowest BCUT2D eigenvalue weighted by atomic mass is 10.4. The van der Waals surface area contributed by atoms with Crippen LogP contribution in [0, 0.1) is 0 Å². The maximum absolute atomic E-state index is 8.03. The normalized spacial score (nSPS) is 9.70. The van der Waals surface area contributed by atoms with Gasteiger partial charge in [0.1, 0.15) is 0 Å². The molecule has 0 heterocycles. The summed E-state index contributed by atoms with van der Waals surface area (Å²) in [6.45, 7) is 0. The minimum atomic E-state index is 0. The summed E-state index contributed by atoms with van der Waals surface area (Å²) in [7, 11) is 0.0427. The monoisotopic (exact) mass is 160 g/mol. The van der Waals surface area contributed by atoms with E-state index in [1.165, 1.54) is 0 Å². The van der Waals surface area contributed by atoms with E-state index in [2.05, 4.69) is 4.67 Å². The van der Waals surface area contributed by atoms with Crippen LogP contribution in [0.3, 0.4) is 0 Å². The SMILES string of the molecule is O.OOPc1ccccc1. The Balaban J connectivity index is 0.000000810. The first-order chi connectivity index (χ1) is 4.43. The molecule has 0 spiro atoms. The van der Waals surface area contributed by atoms with E-state index in [9.17, 15) is 0 Å². The van der Waals surface area contributed by atoms with E-state index < -0.39 is 0 Å². The fourth-order valence-electron chi connectivity index (χ4n) is 0.559. The lowest BCUT2D eigenvalue weighted by Crippen LogP contribution is -1.90. The standard InChI is InChI=1S/C6H7O2P.H2O/c7-8-9-6-4-2-1-3-5-6;/h1-5,7,9H;1H2. The van der Waals surface area contributed by atoms with E-state index >= 15 is 0 Å². The third kappa shape index (κ3) is 2.90. The lowest BCUT2D eigenvalue weighted by molar-refractivity contribution is -0.121. The number of rotatable bonds is 2. The zero-order valence-corrected chi connectivity index (χ0v) is 6.24. The molecule has 1 aromatic rings. The molecule has 1 atom stereocenters. The van der Waals surface area contributed by atoms with Gasteiger partial charge < -0.3 is 5.48 Å². The van der Waals surface area contributed by atoms with Crippen molar-refractivity contribution in [1.82, 2.24) is 0 Å². The molecule has 0 saturated heterocycles. The van der Waals surface area contributed by atoms with Gasteiger partial charge in [0.2, 0.25) is 0 Å². The first-order valence-electron chi connectivity index (χ1n) is 2.55. The minimum Gasteiger partial charge on any atom is -0.412 e. The molecule has 0 aliphatic carbocycles. The molecular weight excluding hydrogens is 151 g/mol. The second-order valence-corrected chi connectivity index (χ2v) is 2.52. The average Bonchev–Trinajstić information content (AvgIpc) is 1.91. The van der Waals surface area contributed by atoms with Crippen molar-refractivity contribution >= 4 is 14.1 Å². The van der Waals surface area contributed by atoms with Crippen LogP contribution in [-0.4, -0.2) is 10.7 Å². The van der Waals surface area contributed by atoms with Crippen molar-refractivity contribution in [2.75, 3.05) is 0 Å². The fraction of sp³-hybridized carbons (Fsp3) is 0. The van der Waals surface area contributed by atoms with Crippen LogP contribution in [0.15, 0.2) is 30.3 Å². The summed E-state index contributed by atoms with van der Waals surface area (Å²) in [5.41, 5.74) is 0. The Morgan fingerprint density at radius 3 is 2.30 bits per heavy atom. The van der Waals surface area contributed by atoms with E-state index in [-0.39, 0.29) is 14.3 Å². The molecule has 0 fully saturated rings. The molecule has 0 aliphatic rings. The van der Waals surface area contributed by atoms with Crippen LogP contribution >= 0.6 is 8.81 Å². The van der Waals surface area contributed by atoms with Gasteiger partial charge in [-0.05, 0) is 0 Å². The zero-order valence-electron chi connectivity index (χ0n) is 5.24. The highest BCUT2D eigenvalue weighted by Crippen LogP contribution is 2.07. The highest BCUT2D eigenvalue weighted by Gasteiger charge is 1.86. The van der Waals surface area contributed by atoms with Gasteiger partial charge in [-0.2, -0.15) is 0 Å². The van der Waals surface area contributed by atoms with E-state index in [4.69, 9.17) is 5.26 Å². The summed E-state index contributed by atoms with van der Waals surface area (Å²) in [5, 5.41) is 9.03. The average molecular weight is 160 g/mol. The van der Waals surface area contributed by atoms with Crippen LogP contribution < -0.4 is 5.30 Å². The molecule has 1 aromatic carbocycles. The van der Waals surface area contributed by atoms with Crippen molar-refractivity contribution < 1.29 is 15.4 Å². The molecule has 0 radical (unpaired) electrons. The van der Waals surface area contributed by atoms with Crippen molar-refractivity contribution in [2.45, 2.75) is 0 Å². The third-order valence-corrected chi connectivity index (χ3v) is 1.60. The largest absolute Gasteiger partial charge is 0.412 e. The van der Waals surface area contributed by atoms with Crippen LogP contribution in [0.5, 0.6) is 0 Å². The van der Waals surface area contributed by atoms with Crippen molar-refractivity contribution in [3.63, 3.8) is 0 Å². The summed E-state index contributed by atoms with van der Waals surface area (Å²) in [6, 6.07) is 9.53. The molecule has 0 aliphatic heterocycles. The van der Waals surface area contributed by atoms with Crippen molar-refractivity contribution in [1.29, 1.82) is 0 Å². The topological polar surface area (TPSA) is 61.0 Å². The highest BCUT2D eigenvalue weighted by atomic mass is 31.1. The van der Waals surface area contributed by atoms with Crippen LogP contribution in [0.1, 0.15) is 0 Å². The number of hydrogen-bond acceptors (Lipinski definition) is 2. The van der Waals surface area contributed by atoms with Gasteiger partial charge in [-0.1, -0.05) is 30.3 Å². The van der Waals surface area contributed by atoms with Crippen LogP contribution in [0.4, 0.5) is 0 Å². The lowest BCUT2D eigenvalue weighted by Gasteiger charge is -1.92. The molecule has 0 amide bonds. The molecule has 1 rings (SSSR count). The molecule has 0 saturated carbocycles. The summed E-state index contributed by atoms with van der Waals surface area (Å²) in [5.74, 6) is 0. The highest BCUT2D eigenvalue weighted by molar-refractivity contribution is 7.41. The molecular formula is C6H9O3P. The van der Waals surface area contributed by atoms with E-state index in [0.29, 0.717) is 0 Å². The van der Waals surface area contributed by atoms with Crippen LogP contribution in [0.2, 0.25) is 0 Å². The first-order valence-corrected chi connectivity index (χ1v) is 3.46. The first kappa shape index (κ1) is 9.53. The van der Waals surface area contributed by atoms with Gasteiger partial charge in [0, 0.05) is 5.30 Å². The minimum absolute atomic E-state index is 0. The smallest absolute Gasteiger partial charge is 0.0876 e. The van der Waals surface area contributed by atoms with Crippen molar-refractivity contribution in [2.24, 2.45) is 0 Å². The van der Waals surface area contributed by atoms with E-state index in [1.54, 1.807) is 0 Å². The summed E-state index contributed by atoms with van der Waals surface area (Å²) in [4.78, 5) is 0. The third-order valence-electron chi connectivity index (χ3n) is 0.937. The molecule has 56 valence electrons. The molecule has 3 N–H and O–H groups in total. The van der Waals surface area contributed by atoms with Gasteiger partial charge in [-0.3, -0.25) is 0 Å². The van der Waals surface area contributed by atoms with Crippen molar-refractivity contribution in [3.8, 4) is 0 Å². The predicted octanol–water partition coefficient (Wildman–Crippen LogP) is 0.570. The summed E-state index contributed by atoms with van der Waals surface area (Å²) >= 11 is 0. The van der Waals surface area contributed by atoms with Crippen molar-refractivity contribution in [3.05, 3.63) is 30.3 Å². The van der Waals surface area contributed by atoms with Crippen LogP contribution in [0.25, 0.3) is 0 Å². The fourth-order valence-corrected chi connectivity index (χ4v) is 0.993. The Hall–Kier alpha value is -0.470.